The van der Waals surface area contributed by atoms with E-state index in [9.17, 15) is 0 Å². The van der Waals surface area contributed by atoms with Crippen LogP contribution in [0.1, 0.15) is 36.1 Å². The lowest BCUT2D eigenvalue weighted by molar-refractivity contribution is 0.304. The van der Waals surface area contributed by atoms with Crippen LogP contribution in [0, 0.1) is 0 Å². The predicted octanol–water partition coefficient (Wildman–Crippen LogP) is 0.665. The van der Waals surface area contributed by atoms with Gasteiger partial charge in [-0.2, -0.15) is 0 Å². The third-order valence-corrected chi connectivity index (χ3v) is 3.41. The Kier molecular flexibility index (Phi) is 2.07. The summed E-state index contributed by atoms with van der Waals surface area (Å²) in [7, 11) is 2.15. The topological polar surface area (TPSA) is 47.1 Å². The highest BCUT2D eigenvalue weighted by atomic mass is 15.2. The summed E-state index contributed by atoms with van der Waals surface area (Å²) in [5, 5.41) is 0. The van der Waals surface area contributed by atoms with E-state index in [-0.39, 0.29) is 0 Å². The Balaban J connectivity index is 2.04. The predicted molar refractivity (Wildman–Crippen MR) is 58.4 cm³/mol. The maximum Gasteiger partial charge on any atom is 0.123 e. The van der Waals surface area contributed by atoms with Crippen LogP contribution in [-0.4, -0.2) is 28.0 Å². The van der Waals surface area contributed by atoms with Gasteiger partial charge in [0.1, 0.15) is 5.82 Å². The Morgan fingerprint density at radius 2 is 2.27 bits per heavy atom. The molecule has 4 nitrogen and oxygen atoms in total. The van der Waals surface area contributed by atoms with E-state index in [0.717, 1.165) is 25.3 Å². The first-order chi connectivity index (χ1) is 7.29. The van der Waals surface area contributed by atoms with E-state index in [1.165, 1.54) is 24.2 Å². The minimum Gasteiger partial charge on any atom is -0.328 e. The average molecular weight is 206 g/mol. The summed E-state index contributed by atoms with van der Waals surface area (Å²) in [6, 6.07) is 0.711. The average Bonchev–Trinajstić information content (AvgIpc) is 2.99. The van der Waals surface area contributed by atoms with Crippen molar-refractivity contribution < 1.29 is 0 Å². The van der Waals surface area contributed by atoms with Crippen LogP contribution >= 0.6 is 0 Å². The summed E-state index contributed by atoms with van der Waals surface area (Å²) >= 11 is 0. The number of likely N-dealkylation sites (N-methyl/N-ethyl adjacent to an activating group) is 1. The lowest BCUT2D eigenvalue weighted by Crippen LogP contribution is -2.27. The summed E-state index contributed by atoms with van der Waals surface area (Å²) < 4.78 is 2.42. The molecule has 0 radical (unpaired) electrons. The Morgan fingerprint density at radius 3 is 2.93 bits per heavy atom. The van der Waals surface area contributed by atoms with E-state index < -0.39 is 0 Å². The number of rotatable bonds is 2. The number of nitrogens with zero attached hydrogens (tertiary/aromatic N) is 3. The van der Waals surface area contributed by atoms with E-state index in [1.54, 1.807) is 0 Å². The Morgan fingerprint density at radius 1 is 1.47 bits per heavy atom. The van der Waals surface area contributed by atoms with Crippen molar-refractivity contribution in [1.29, 1.82) is 0 Å². The molecule has 4 heteroatoms. The molecular weight excluding hydrogens is 188 g/mol. The van der Waals surface area contributed by atoms with Crippen LogP contribution in [0.4, 0.5) is 0 Å². The van der Waals surface area contributed by atoms with Crippen molar-refractivity contribution >= 4 is 0 Å². The summed E-state index contributed by atoms with van der Waals surface area (Å²) in [5.74, 6) is 1.10. The van der Waals surface area contributed by atoms with Crippen LogP contribution in [0.3, 0.4) is 0 Å². The van der Waals surface area contributed by atoms with E-state index in [2.05, 4.69) is 21.5 Å². The highest BCUT2D eigenvalue weighted by molar-refractivity contribution is 5.22. The number of imidazole rings is 1. The summed E-state index contributed by atoms with van der Waals surface area (Å²) in [4.78, 5) is 7.00. The SMILES string of the molecule is CN1CCc2c(nc(CN)n2C2CC2)C1. The number of fused-ring (bicyclic) bond motifs is 1. The van der Waals surface area contributed by atoms with Crippen LogP contribution in [0.2, 0.25) is 0 Å². The third kappa shape index (κ3) is 1.48. The number of hydrogen-bond acceptors (Lipinski definition) is 3. The molecule has 1 fully saturated rings. The van der Waals surface area contributed by atoms with Crippen LogP contribution in [0.15, 0.2) is 0 Å². The van der Waals surface area contributed by atoms with E-state index in [4.69, 9.17) is 5.73 Å². The van der Waals surface area contributed by atoms with E-state index in [0.29, 0.717) is 12.6 Å². The highest BCUT2D eigenvalue weighted by Crippen LogP contribution is 2.38. The van der Waals surface area contributed by atoms with Gasteiger partial charge in [0.05, 0.1) is 12.2 Å². The van der Waals surface area contributed by atoms with Crippen LogP contribution in [-0.2, 0) is 19.5 Å². The summed E-state index contributed by atoms with van der Waals surface area (Å²) in [6.07, 6.45) is 3.76. The molecule has 1 aliphatic heterocycles. The van der Waals surface area contributed by atoms with Gasteiger partial charge in [0, 0.05) is 31.2 Å². The zero-order chi connectivity index (χ0) is 10.4. The van der Waals surface area contributed by atoms with Crippen molar-refractivity contribution in [2.45, 2.75) is 38.4 Å². The molecule has 2 heterocycles. The van der Waals surface area contributed by atoms with Crippen LogP contribution in [0.5, 0.6) is 0 Å². The molecule has 1 aromatic rings. The second-order valence-electron chi connectivity index (χ2n) is 4.71. The smallest absolute Gasteiger partial charge is 0.123 e. The first-order valence-corrected chi connectivity index (χ1v) is 5.77. The number of nitrogens with two attached hydrogens (primary N) is 1. The molecule has 15 heavy (non-hydrogen) atoms. The first kappa shape index (κ1) is 9.36. The van der Waals surface area contributed by atoms with Gasteiger partial charge in [-0.1, -0.05) is 0 Å². The standard InChI is InChI=1S/C11H18N4/c1-14-5-4-10-9(7-14)13-11(6-12)15(10)8-2-3-8/h8H,2-7,12H2,1H3. The quantitative estimate of drug-likeness (QED) is 0.773. The molecule has 0 spiro atoms. The van der Waals surface area contributed by atoms with Gasteiger partial charge in [0.25, 0.3) is 0 Å². The fraction of sp³-hybridized carbons (Fsp3) is 0.727. The minimum atomic E-state index is 0.577. The second kappa shape index (κ2) is 3.32. The summed E-state index contributed by atoms with van der Waals surface area (Å²) in [5.41, 5.74) is 8.48. The molecule has 1 aromatic heterocycles. The molecule has 1 saturated carbocycles. The highest BCUT2D eigenvalue weighted by Gasteiger charge is 2.31. The normalized spacial score (nSPS) is 21.7. The van der Waals surface area contributed by atoms with Crippen molar-refractivity contribution in [3.63, 3.8) is 0 Å². The van der Waals surface area contributed by atoms with Gasteiger partial charge in [-0.25, -0.2) is 4.98 Å². The molecule has 1 aliphatic carbocycles. The lowest BCUT2D eigenvalue weighted by atomic mass is 10.1. The molecule has 0 unspecified atom stereocenters. The van der Waals surface area contributed by atoms with Gasteiger partial charge in [0.15, 0.2) is 0 Å². The van der Waals surface area contributed by atoms with Crippen molar-refractivity contribution in [3.05, 3.63) is 17.2 Å². The molecule has 82 valence electrons. The number of hydrogen-bond donors (Lipinski definition) is 1. The zero-order valence-corrected chi connectivity index (χ0v) is 9.24. The zero-order valence-electron chi connectivity index (χ0n) is 9.24. The first-order valence-electron chi connectivity index (χ1n) is 5.77. The van der Waals surface area contributed by atoms with Gasteiger partial charge in [0.2, 0.25) is 0 Å². The molecule has 0 atom stereocenters. The van der Waals surface area contributed by atoms with E-state index in [1.807, 2.05) is 0 Å². The Bertz CT molecular complexity index is 378. The minimum absolute atomic E-state index is 0.577. The maximum atomic E-state index is 5.77. The molecule has 0 saturated heterocycles. The van der Waals surface area contributed by atoms with Gasteiger partial charge in [-0.05, 0) is 19.9 Å². The fourth-order valence-electron chi connectivity index (χ4n) is 2.50. The van der Waals surface area contributed by atoms with Crippen molar-refractivity contribution in [2.75, 3.05) is 13.6 Å². The van der Waals surface area contributed by atoms with Gasteiger partial charge in [-0.3, -0.25) is 0 Å². The molecule has 3 rings (SSSR count). The molecule has 0 amide bonds. The Labute approximate surface area is 90.1 Å². The van der Waals surface area contributed by atoms with Gasteiger partial charge < -0.3 is 15.2 Å². The fourth-order valence-corrected chi connectivity index (χ4v) is 2.50. The van der Waals surface area contributed by atoms with E-state index >= 15 is 0 Å². The van der Waals surface area contributed by atoms with Crippen molar-refractivity contribution in [3.8, 4) is 0 Å². The maximum absolute atomic E-state index is 5.77. The van der Waals surface area contributed by atoms with Gasteiger partial charge in [-0.15, -0.1) is 0 Å². The molecule has 2 N–H and O–H groups in total. The van der Waals surface area contributed by atoms with Crippen molar-refractivity contribution in [2.24, 2.45) is 5.73 Å². The molecule has 0 aromatic carbocycles. The molecular formula is C11H18N4. The molecule has 2 aliphatic rings. The monoisotopic (exact) mass is 206 g/mol. The molecule has 0 bridgehead atoms. The van der Waals surface area contributed by atoms with Crippen LogP contribution in [0.25, 0.3) is 0 Å². The van der Waals surface area contributed by atoms with Crippen LogP contribution < -0.4 is 5.73 Å². The number of aromatic nitrogens is 2. The Hall–Kier alpha value is -0.870. The second-order valence-corrected chi connectivity index (χ2v) is 4.71. The van der Waals surface area contributed by atoms with Crippen molar-refractivity contribution in [1.82, 2.24) is 14.5 Å². The largest absolute Gasteiger partial charge is 0.328 e. The van der Waals surface area contributed by atoms with Gasteiger partial charge >= 0.3 is 0 Å². The summed E-state index contributed by atoms with van der Waals surface area (Å²) in [6.45, 7) is 2.71. The lowest BCUT2D eigenvalue weighted by Gasteiger charge is -2.22. The third-order valence-electron chi connectivity index (χ3n) is 3.41.